The van der Waals surface area contributed by atoms with Crippen molar-refractivity contribution in [3.63, 3.8) is 0 Å². The maximum Gasteiger partial charge on any atom is 0.252 e. The number of benzene rings is 2. The molecule has 2 amide bonds. The largest absolute Gasteiger partial charge is 0.382 e. The molecule has 15 nitrogen and oxygen atoms in total. The van der Waals surface area contributed by atoms with Crippen molar-refractivity contribution in [1.29, 1.82) is 0 Å². The van der Waals surface area contributed by atoms with E-state index in [2.05, 4.69) is 20.3 Å². The zero-order valence-electron chi connectivity index (χ0n) is 28.8. The molecular formula is C33H48Cl2N4O11S. The number of amides is 2. The lowest BCUT2D eigenvalue weighted by Crippen LogP contribution is -2.50. The molecule has 3 atom stereocenters. The molecule has 0 saturated carbocycles. The summed E-state index contributed by atoms with van der Waals surface area (Å²) in [6.45, 7) is 3.71. The number of halogens is 2. The first-order chi connectivity index (χ1) is 24.4. The predicted molar refractivity (Wildman–Crippen MR) is 189 cm³/mol. The maximum absolute atomic E-state index is 13.0. The minimum atomic E-state index is -3.79. The van der Waals surface area contributed by atoms with Crippen LogP contribution in [0.2, 0.25) is 10.0 Å². The van der Waals surface area contributed by atoms with Crippen molar-refractivity contribution in [2.24, 2.45) is 0 Å². The van der Waals surface area contributed by atoms with Gasteiger partial charge < -0.3 is 49.4 Å². The highest BCUT2D eigenvalue weighted by atomic mass is 35.5. The van der Waals surface area contributed by atoms with Crippen molar-refractivity contribution in [3.8, 4) is 0 Å². The molecule has 0 aliphatic carbocycles. The third kappa shape index (κ3) is 14.5. The minimum absolute atomic E-state index is 0.0382. The molecule has 1 aliphatic rings. The summed E-state index contributed by atoms with van der Waals surface area (Å²) in [7, 11) is -0.265. The number of rotatable bonds is 24. The van der Waals surface area contributed by atoms with E-state index in [1.807, 2.05) is 19.2 Å². The molecule has 18 heteroatoms. The van der Waals surface area contributed by atoms with Crippen LogP contribution in [0.5, 0.6) is 0 Å². The fourth-order valence-electron chi connectivity index (χ4n) is 5.14. The Morgan fingerprint density at radius 1 is 0.843 bits per heavy atom. The molecule has 1 aliphatic heterocycles. The van der Waals surface area contributed by atoms with Gasteiger partial charge in [-0.05, 0) is 48.0 Å². The van der Waals surface area contributed by atoms with Crippen LogP contribution >= 0.6 is 23.2 Å². The van der Waals surface area contributed by atoms with Gasteiger partial charge in [0.1, 0.15) is 0 Å². The first-order valence-electron chi connectivity index (χ1n) is 16.4. The molecule has 3 unspecified atom stereocenters. The third-order valence-electron chi connectivity index (χ3n) is 7.71. The number of hydrogen-bond donors (Lipinski definition) is 5. The first-order valence-corrected chi connectivity index (χ1v) is 18.7. The third-order valence-corrected chi connectivity index (χ3v) is 9.72. The second kappa shape index (κ2) is 22.6. The summed E-state index contributed by atoms with van der Waals surface area (Å²) < 4.78 is 54.9. The number of carbonyl (C=O) groups excluding carboxylic acids is 2. The van der Waals surface area contributed by atoms with Gasteiger partial charge in [0.15, 0.2) is 12.2 Å². The van der Waals surface area contributed by atoms with E-state index >= 15 is 0 Å². The summed E-state index contributed by atoms with van der Waals surface area (Å²) >= 11 is 12.8. The monoisotopic (exact) mass is 778 g/mol. The number of aliphatic hydroxyl groups excluding tert-OH is 2. The number of sulfonamides is 1. The van der Waals surface area contributed by atoms with Crippen LogP contribution in [-0.4, -0.2) is 147 Å². The fraction of sp³-hybridized carbons (Fsp3) is 0.576. The number of fused-ring (bicyclic) bond motifs is 1. The van der Waals surface area contributed by atoms with E-state index in [9.17, 15) is 28.2 Å². The van der Waals surface area contributed by atoms with Gasteiger partial charge in [-0.2, -0.15) is 0 Å². The Balaban J connectivity index is 1.24. The van der Waals surface area contributed by atoms with Crippen molar-refractivity contribution in [2.75, 3.05) is 99.8 Å². The smallest absolute Gasteiger partial charge is 0.252 e. The molecule has 2 aromatic carbocycles. The van der Waals surface area contributed by atoms with Crippen molar-refractivity contribution in [3.05, 3.63) is 63.1 Å². The minimum Gasteiger partial charge on any atom is -0.382 e. The topological polar surface area (TPSA) is 194 Å². The predicted octanol–water partition coefficient (Wildman–Crippen LogP) is 0.516. The Morgan fingerprint density at radius 3 is 1.98 bits per heavy atom. The molecule has 0 bridgehead atoms. The van der Waals surface area contributed by atoms with Gasteiger partial charge in [-0.1, -0.05) is 35.3 Å². The lowest BCUT2D eigenvalue weighted by atomic mass is 9.85. The van der Waals surface area contributed by atoms with Crippen LogP contribution in [0.15, 0.2) is 41.3 Å². The fourth-order valence-corrected chi connectivity index (χ4v) is 6.77. The SMILES string of the molecule is COCCOCCNC(=O)C(O)C(O)C(=O)NCCOCCOCCOCCNS(=O)(=O)c1cccc(C2CN(C)Cc3c(Cl)cc(Cl)cc32)c1. The van der Waals surface area contributed by atoms with Gasteiger partial charge in [0.25, 0.3) is 11.8 Å². The number of ether oxygens (including phenoxy) is 5. The number of nitrogens with zero attached hydrogens (tertiary/aromatic N) is 1. The second-order valence-electron chi connectivity index (χ2n) is 11.6. The molecule has 0 aromatic heterocycles. The zero-order chi connectivity index (χ0) is 37.2. The molecule has 5 N–H and O–H groups in total. The Kier molecular flexibility index (Phi) is 19.0. The maximum atomic E-state index is 13.0. The van der Waals surface area contributed by atoms with E-state index in [0.717, 1.165) is 16.7 Å². The summed E-state index contributed by atoms with van der Waals surface area (Å²) in [5.74, 6) is -1.92. The molecule has 3 rings (SSSR count). The molecule has 0 fully saturated rings. The van der Waals surface area contributed by atoms with Gasteiger partial charge in [-0.15, -0.1) is 0 Å². The summed E-state index contributed by atoms with van der Waals surface area (Å²) in [5.41, 5.74) is 2.82. The Morgan fingerprint density at radius 2 is 1.39 bits per heavy atom. The van der Waals surface area contributed by atoms with Crippen LogP contribution in [0, 0.1) is 0 Å². The highest BCUT2D eigenvalue weighted by Crippen LogP contribution is 2.38. The van der Waals surface area contributed by atoms with Crippen LogP contribution in [0.4, 0.5) is 0 Å². The normalized spacial score (nSPS) is 16.0. The van der Waals surface area contributed by atoms with Gasteiger partial charge in [0, 0.05) is 55.8 Å². The average Bonchev–Trinajstić information content (AvgIpc) is 3.10. The quantitative estimate of drug-likeness (QED) is 0.0930. The Labute approximate surface area is 308 Å². The van der Waals surface area contributed by atoms with E-state index in [0.29, 0.717) is 36.3 Å². The number of likely N-dealkylation sites (N-methyl/N-ethyl adjacent to an activating group) is 1. The highest BCUT2D eigenvalue weighted by Gasteiger charge is 2.30. The van der Waals surface area contributed by atoms with Gasteiger partial charge in [0.05, 0.1) is 64.4 Å². The zero-order valence-corrected chi connectivity index (χ0v) is 31.1. The van der Waals surface area contributed by atoms with Gasteiger partial charge in [-0.3, -0.25) is 9.59 Å². The van der Waals surface area contributed by atoms with Gasteiger partial charge in [0.2, 0.25) is 10.0 Å². The van der Waals surface area contributed by atoms with E-state index in [4.69, 9.17) is 46.9 Å². The van der Waals surface area contributed by atoms with Crippen molar-refractivity contribution in [2.45, 2.75) is 29.6 Å². The van der Waals surface area contributed by atoms with Gasteiger partial charge >= 0.3 is 0 Å². The summed E-state index contributed by atoms with van der Waals surface area (Å²) in [4.78, 5) is 26.2. The molecule has 286 valence electrons. The van der Waals surface area contributed by atoms with Crippen molar-refractivity contribution < 1.29 is 51.9 Å². The number of hydrogen-bond acceptors (Lipinski definition) is 12. The van der Waals surface area contributed by atoms with E-state index < -0.39 is 34.0 Å². The van der Waals surface area contributed by atoms with Crippen LogP contribution in [0.3, 0.4) is 0 Å². The van der Waals surface area contributed by atoms with Crippen molar-refractivity contribution >= 4 is 45.0 Å². The molecular weight excluding hydrogens is 731 g/mol. The van der Waals surface area contributed by atoms with Crippen LogP contribution in [-0.2, 0) is 49.8 Å². The first kappa shape index (κ1) is 43.0. The van der Waals surface area contributed by atoms with E-state index in [-0.39, 0.29) is 76.7 Å². The van der Waals surface area contributed by atoms with Crippen LogP contribution in [0.1, 0.15) is 22.6 Å². The standard InChI is InChI=1S/C33H48Cl2N4O11S/c1-39-21-27(26-19-24(34)20-29(35)28(26)22-39)23-4-3-5-25(18-23)51(44,45)38-8-11-49-15-17-50-16-14-48-10-7-37-33(43)31(41)30(40)32(42)36-6-9-47-13-12-46-2/h3-5,18-20,27,30-31,38,40-41H,6-17,21-22H2,1-2H3,(H,36,42)(H,37,43). The number of aliphatic hydroxyl groups is 2. The molecule has 2 aromatic rings. The summed E-state index contributed by atoms with van der Waals surface area (Å²) in [6, 6.07) is 10.5. The van der Waals surface area contributed by atoms with E-state index in [1.165, 1.54) is 7.11 Å². The molecule has 0 spiro atoms. The lowest BCUT2D eigenvalue weighted by molar-refractivity contribution is -0.146. The summed E-state index contributed by atoms with van der Waals surface area (Å²) in [6.07, 6.45) is -3.88. The molecule has 0 radical (unpaired) electrons. The summed E-state index contributed by atoms with van der Waals surface area (Å²) in [5, 5.41) is 25.7. The molecule has 51 heavy (non-hydrogen) atoms. The Hall–Kier alpha value is -2.45. The Bertz CT molecular complexity index is 1510. The van der Waals surface area contributed by atoms with Crippen LogP contribution in [0.25, 0.3) is 0 Å². The number of nitrogens with one attached hydrogen (secondary N) is 3. The van der Waals surface area contributed by atoms with E-state index in [1.54, 1.807) is 24.3 Å². The second-order valence-corrected chi connectivity index (χ2v) is 14.2. The van der Waals surface area contributed by atoms with Crippen molar-refractivity contribution in [1.82, 2.24) is 20.3 Å². The highest BCUT2D eigenvalue weighted by molar-refractivity contribution is 7.89. The van der Waals surface area contributed by atoms with Gasteiger partial charge in [-0.25, -0.2) is 13.1 Å². The average molecular weight is 780 g/mol. The number of carbonyl (C=O) groups is 2. The molecule has 1 heterocycles. The molecule has 0 saturated heterocycles. The van der Waals surface area contributed by atoms with Crippen LogP contribution < -0.4 is 15.4 Å². The number of methoxy groups -OCH3 is 1. The lowest BCUT2D eigenvalue weighted by Gasteiger charge is -2.33.